The monoisotopic (exact) mass is 220 g/mol. The first-order valence-corrected chi connectivity index (χ1v) is 5.49. The van der Waals surface area contributed by atoms with Crippen LogP contribution >= 0.6 is 0 Å². The van der Waals surface area contributed by atoms with Gasteiger partial charge in [-0.25, -0.2) is 5.84 Å². The van der Waals surface area contributed by atoms with Crippen LogP contribution in [0.2, 0.25) is 0 Å². The Balaban J connectivity index is 2.08. The normalized spacial score (nSPS) is 15.4. The van der Waals surface area contributed by atoms with Gasteiger partial charge in [0.1, 0.15) is 5.75 Å². The predicted octanol–water partition coefficient (Wildman–Crippen LogP) is 0.932. The number of carbonyl (C=O) groups is 1. The number of fused-ring (bicyclic) bond motifs is 1. The molecule has 1 amide bonds. The molecule has 2 rings (SSSR count). The maximum absolute atomic E-state index is 11.2. The van der Waals surface area contributed by atoms with Crippen LogP contribution in [0.25, 0.3) is 0 Å². The van der Waals surface area contributed by atoms with Gasteiger partial charge in [-0.1, -0.05) is 6.07 Å². The van der Waals surface area contributed by atoms with Gasteiger partial charge in [0, 0.05) is 0 Å². The predicted molar refractivity (Wildman–Crippen MR) is 60.9 cm³/mol. The Kier molecular flexibility index (Phi) is 3.10. The van der Waals surface area contributed by atoms with Crippen molar-refractivity contribution in [3.8, 4) is 5.75 Å². The number of aryl methyl sites for hydroxylation is 2. The zero-order chi connectivity index (χ0) is 11.5. The Morgan fingerprint density at radius 2 is 2.19 bits per heavy atom. The van der Waals surface area contributed by atoms with Crippen LogP contribution in [0.4, 0.5) is 0 Å². The largest absolute Gasteiger partial charge is 0.481 e. The van der Waals surface area contributed by atoms with Crippen LogP contribution in [-0.2, 0) is 17.6 Å². The lowest BCUT2D eigenvalue weighted by Gasteiger charge is -2.13. The van der Waals surface area contributed by atoms with Gasteiger partial charge in [0.15, 0.2) is 6.10 Å². The molecule has 1 aromatic carbocycles. The summed E-state index contributed by atoms with van der Waals surface area (Å²) in [4.78, 5) is 11.2. The Morgan fingerprint density at radius 3 is 2.94 bits per heavy atom. The zero-order valence-electron chi connectivity index (χ0n) is 9.32. The zero-order valence-corrected chi connectivity index (χ0v) is 9.32. The van der Waals surface area contributed by atoms with E-state index in [9.17, 15) is 4.79 Å². The highest BCUT2D eigenvalue weighted by Crippen LogP contribution is 2.26. The molecule has 4 heteroatoms. The third-order valence-corrected chi connectivity index (χ3v) is 2.89. The van der Waals surface area contributed by atoms with E-state index >= 15 is 0 Å². The second kappa shape index (κ2) is 4.53. The number of hydrogen-bond donors (Lipinski definition) is 2. The fraction of sp³-hybridized carbons (Fsp3) is 0.417. The molecule has 0 radical (unpaired) electrons. The number of nitrogens with two attached hydrogens (primary N) is 1. The summed E-state index contributed by atoms with van der Waals surface area (Å²) in [6.45, 7) is 1.68. The molecule has 0 fully saturated rings. The average molecular weight is 220 g/mol. The van der Waals surface area contributed by atoms with E-state index in [0.29, 0.717) is 0 Å². The Hall–Kier alpha value is -1.55. The molecule has 0 spiro atoms. The first kappa shape index (κ1) is 11.0. The lowest BCUT2D eigenvalue weighted by atomic mass is 10.1. The van der Waals surface area contributed by atoms with Crippen molar-refractivity contribution in [2.75, 3.05) is 0 Å². The minimum atomic E-state index is -0.565. The van der Waals surface area contributed by atoms with Crippen molar-refractivity contribution >= 4 is 5.91 Å². The number of rotatable bonds is 3. The number of amides is 1. The second-order valence-electron chi connectivity index (χ2n) is 4.05. The molecule has 0 saturated carbocycles. The summed E-state index contributed by atoms with van der Waals surface area (Å²) in [7, 11) is 0. The average Bonchev–Trinajstić information content (AvgIpc) is 2.75. The smallest absolute Gasteiger partial charge is 0.274 e. The molecule has 1 atom stereocenters. The number of benzene rings is 1. The number of ether oxygens (including phenoxy) is 1. The standard InChI is InChI=1S/C12H16N2O2/c1-8(12(15)14-13)16-11-6-5-9-3-2-4-10(9)7-11/h5-8H,2-4,13H2,1H3,(H,14,15). The summed E-state index contributed by atoms with van der Waals surface area (Å²) in [6.07, 6.45) is 2.89. The second-order valence-corrected chi connectivity index (χ2v) is 4.05. The number of nitrogens with one attached hydrogen (secondary N) is 1. The van der Waals surface area contributed by atoms with Gasteiger partial charge < -0.3 is 4.74 Å². The maximum Gasteiger partial charge on any atom is 0.274 e. The van der Waals surface area contributed by atoms with Crippen molar-refractivity contribution in [2.24, 2.45) is 5.84 Å². The number of hydrazine groups is 1. The van der Waals surface area contributed by atoms with E-state index in [4.69, 9.17) is 10.6 Å². The molecule has 4 nitrogen and oxygen atoms in total. The summed E-state index contributed by atoms with van der Waals surface area (Å²) in [5, 5.41) is 0. The van der Waals surface area contributed by atoms with E-state index in [1.54, 1.807) is 6.92 Å². The van der Waals surface area contributed by atoms with E-state index in [2.05, 4.69) is 11.5 Å². The molecule has 0 saturated heterocycles. The van der Waals surface area contributed by atoms with Gasteiger partial charge in [0.05, 0.1) is 0 Å². The van der Waals surface area contributed by atoms with Gasteiger partial charge >= 0.3 is 0 Å². The third-order valence-electron chi connectivity index (χ3n) is 2.89. The van der Waals surface area contributed by atoms with Crippen molar-refractivity contribution < 1.29 is 9.53 Å². The Labute approximate surface area is 94.8 Å². The molecule has 3 N–H and O–H groups in total. The minimum absolute atomic E-state index is 0.319. The first-order valence-electron chi connectivity index (χ1n) is 5.49. The molecule has 1 aliphatic rings. The van der Waals surface area contributed by atoms with Gasteiger partial charge in [0.2, 0.25) is 0 Å². The summed E-state index contributed by atoms with van der Waals surface area (Å²) >= 11 is 0. The van der Waals surface area contributed by atoms with E-state index in [-0.39, 0.29) is 5.91 Å². The van der Waals surface area contributed by atoms with Crippen LogP contribution in [0, 0.1) is 0 Å². The Bertz CT molecular complexity index is 404. The van der Waals surface area contributed by atoms with E-state index in [1.807, 2.05) is 12.1 Å². The van der Waals surface area contributed by atoms with Crippen molar-refractivity contribution in [1.29, 1.82) is 0 Å². The van der Waals surface area contributed by atoms with Crippen molar-refractivity contribution in [3.63, 3.8) is 0 Å². The van der Waals surface area contributed by atoms with Crippen LogP contribution in [0.15, 0.2) is 18.2 Å². The molecule has 0 aromatic heterocycles. The molecule has 16 heavy (non-hydrogen) atoms. The van der Waals surface area contributed by atoms with Crippen LogP contribution < -0.4 is 16.0 Å². The van der Waals surface area contributed by atoms with Crippen molar-refractivity contribution in [1.82, 2.24) is 5.43 Å². The van der Waals surface area contributed by atoms with Gasteiger partial charge in [-0.3, -0.25) is 10.2 Å². The van der Waals surface area contributed by atoms with E-state index in [0.717, 1.165) is 18.6 Å². The molecule has 1 unspecified atom stereocenters. The molecular formula is C12H16N2O2. The van der Waals surface area contributed by atoms with Crippen LogP contribution in [0.5, 0.6) is 5.75 Å². The van der Waals surface area contributed by atoms with Crippen LogP contribution in [0.3, 0.4) is 0 Å². The van der Waals surface area contributed by atoms with Crippen LogP contribution in [-0.4, -0.2) is 12.0 Å². The molecule has 0 heterocycles. The SMILES string of the molecule is CC(Oc1ccc2c(c1)CCC2)C(=O)NN. The van der Waals surface area contributed by atoms with Crippen LogP contribution in [0.1, 0.15) is 24.5 Å². The summed E-state index contributed by atoms with van der Waals surface area (Å²) in [5.74, 6) is 5.45. The van der Waals surface area contributed by atoms with E-state index in [1.165, 1.54) is 17.5 Å². The molecule has 86 valence electrons. The quantitative estimate of drug-likeness (QED) is 0.452. The van der Waals surface area contributed by atoms with Gasteiger partial charge in [0.25, 0.3) is 5.91 Å². The number of carbonyl (C=O) groups excluding carboxylic acids is 1. The van der Waals surface area contributed by atoms with Gasteiger partial charge in [-0.2, -0.15) is 0 Å². The van der Waals surface area contributed by atoms with Crippen molar-refractivity contribution in [2.45, 2.75) is 32.3 Å². The summed E-state index contributed by atoms with van der Waals surface area (Å²) in [5.41, 5.74) is 4.80. The Morgan fingerprint density at radius 1 is 1.44 bits per heavy atom. The first-order chi connectivity index (χ1) is 7.70. The van der Waals surface area contributed by atoms with Crippen molar-refractivity contribution in [3.05, 3.63) is 29.3 Å². The highest BCUT2D eigenvalue weighted by molar-refractivity contribution is 5.80. The highest BCUT2D eigenvalue weighted by Gasteiger charge is 2.15. The molecule has 0 aliphatic heterocycles. The number of hydrogen-bond acceptors (Lipinski definition) is 3. The third kappa shape index (κ3) is 2.17. The lowest BCUT2D eigenvalue weighted by molar-refractivity contribution is -0.127. The fourth-order valence-electron chi connectivity index (χ4n) is 2.00. The highest BCUT2D eigenvalue weighted by atomic mass is 16.5. The lowest BCUT2D eigenvalue weighted by Crippen LogP contribution is -2.40. The van der Waals surface area contributed by atoms with E-state index < -0.39 is 6.10 Å². The minimum Gasteiger partial charge on any atom is -0.481 e. The molecular weight excluding hydrogens is 204 g/mol. The van der Waals surface area contributed by atoms with Gasteiger partial charge in [-0.15, -0.1) is 0 Å². The maximum atomic E-state index is 11.2. The topological polar surface area (TPSA) is 64.3 Å². The van der Waals surface area contributed by atoms with Gasteiger partial charge in [-0.05, 0) is 49.4 Å². The summed E-state index contributed by atoms with van der Waals surface area (Å²) < 4.78 is 5.50. The summed E-state index contributed by atoms with van der Waals surface area (Å²) in [6, 6.07) is 6.00. The fourth-order valence-corrected chi connectivity index (χ4v) is 2.00. The molecule has 1 aromatic rings. The molecule has 1 aliphatic carbocycles. The molecule has 0 bridgehead atoms.